The monoisotopic (exact) mass is 905 g/mol. The Bertz CT molecular complexity index is 2260. The van der Waals surface area contributed by atoms with E-state index >= 15 is 0 Å². The van der Waals surface area contributed by atoms with E-state index in [0.717, 1.165) is 30.8 Å². The second kappa shape index (κ2) is 23.1. The van der Waals surface area contributed by atoms with Crippen molar-refractivity contribution in [1.29, 1.82) is 0 Å². The zero-order chi connectivity index (χ0) is 45.6. The van der Waals surface area contributed by atoms with Gasteiger partial charge >= 0.3 is 6.03 Å². The zero-order valence-electron chi connectivity index (χ0n) is 36.0. The summed E-state index contributed by atoms with van der Waals surface area (Å²) in [6.45, 7) is 14.2. The number of carbonyl (C=O) groups is 3. The first-order valence-electron chi connectivity index (χ1n) is 20.8. The molecule has 16 heteroatoms. The van der Waals surface area contributed by atoms with E-state index in [9.17, 15) is 23.2 Å². The number of carbonyl (C=O) groups excluding carboxylic acids is 3. The Kier molecular flexibility index (Phi) is 17.8. The first kappa shape index (κ1) is 48.4. The lowest BCUT2D eigenvalue weighted by Crippen LogP contribution is -2.53. The van der Waals surface area contributed by atoms with Crippen molar-refractivity contribution in [2.24, 2.45) is 5.73 Å². The van der Waals surface area contributed by atoms with E-state index in [-0.39, 0.29) is 35.5 Å². The number of piperazine rings is 2. The number of nitrogen functional groups attached to an aromatic ring is 1. The number of rotatable bonds is 13. The van der Waals surface area contributed by atoms with E-state index in [0.29, 0.717) is 90.0 Å². The summed E-state index contributed by atoms with van der Waals surface area (Å²) in [4.78, 5) is 45.2. The van der Waals surface area contributed by atoms with Crippen molar-refractivity contribution in [3.05, 3.63) is 129 Å². The van der Waals surface area contributed by atoms with E-state index < -0.39 is 6.03 Å². The maximum atomic E-state index is 13.1. The topological polar surface area (TPSA) is 147 Å². The maximum absolute atomic E-state index is 13.1. The second-order valence-corrected chi connectivity index (χ2v) is 16.1. The molecule has 2 heterocycles. The fraction of sp³-hybridized carbons (Fsp3) is 0.340. The molecule has 4 aromatic rings. The highest BCUT2D eigenvalue weighted by atomic mass is 35.5. The van der Waals surface area contributed by atoms with Crippen LogP contribution in [-0.4, -0.2) is 102 Å². The van der Waals surface area contributed by atoms with Gasteiger partial charge in [0, 0.05) is 93.4 Å². The Morgan fingerprint density at radius 3 is 1.56 bits per heavy atom. The van der Waals surface area contributed by atoms with Gasteiger partial charge in [-0.1, -0.05) is 47.5 Å². The third-order valence-electron chi connectivity index (χ3n) is 10.5. The molecular formula is C47H55Cl2F2N7O5. The summed E-state index contributed by atoms with van der Waals surface area (Å²) >= 11 is 12.3. The number of hydrogen-bond acceptors (Lipinski definition) is 8. The Morgan fingerprint density at radius 2 is 1.13 bits per heavy atom. The third-order valence-corrected chi connectivity index (χ3v) is 11.1. The van der Waals surface area contributed by atoms with Gasteiger partial charge in [0.1, 0.15) is 23.1 Å². The van der Waals surface area contributed by atoms with Crippen LogP contribution in [0, 0.1) is 11.6 Å². The van der Waals surface area contributed by atoms with Crippen molar-refractivity contribution < 1.29 is 32.6 Å². The molecule has 2 aliphatic rings. The third kappa shape index (κ3) is 14.2. The smallest absolute Gasteiger partial charge is 0.316 e. The second-order valence-electron chi connectivity index (χ2n) is 15.3. The van der Waals surface area contributed by atoms with Crippen molar-refractivity contribution in [3.8, 4) is 11.5 Å². The highest BCUT2D eigenvalue weighted by molar-refractivity contribution is 6.32. The van der Waals surface area contributed by atoms with E-state index in [2.05, 4.69) is 15.1 Å². The number of nitrogens with one attached hydrogen (secondary N) is 1. The number of urea groups is 1. The van der Waals surface area contributed by atoms with Crippen molar-refractivity contribution >= 4 is 64.6 Å². The van der Waals surface area contributed by atoms with E-state index in [1.54, 1.807) is 65.6 Å². The van der Waals surface area contributed by atoms with Gasteiger partial charge in [-0.2, -0.15) is 0 Å². The molecule has 6 rings (SSSR count). The predicted octanol–water partition coefficient (Wildman–Crippen LogP) is 8.32. The molecule has 0 radical (unpaired) electrons. The normalized spacial score (nSPS) is 17.1. The molecule has 2 aliphatic heterocycles. The van der Waals surface area contributed by atoms with Crippen LogP contribution in [0.3, 0.4) is 0 Å². The van der Waals surface area contributed by atoms with Crippen molar-refractivity contribution in [2.75, 3.05) is 63.5 Å². The molecule has 0 unspecified atom stereocenters. The average molecular weight is 907 g/mol. The largest absolute Gasteiger partial charge is 0.492 e. The highest BCUT2D eigenvalue weighted by Crippen LogP contribution is 2.33. The molecule has 2 fully saturated rings. The number of halogens is 4. The first-order chi connectivity index (χ1) is 30.1. The number of amides is 4. The Balaban J connectivity index is 0.000000239. The fourth-order valence-electron chi connectivity index (χ4n) is 7.43. The zero-order valence-corrected chi connectivity index (χ0v) is 37.5. The number of anilines is 2. The van der Waals surface area contributed by atoms with Crippen LogP contribution in [0.25, 0.3) is 12.2 Å². The average Bonchev–Trinajstić information content (AvgIpc) is 3.23. The molecular weight excluding hydrogens is 851 g/mol. The van der Waals surface area contributed by atoms with E-state index in [1.165, 1.54) is 36.4 Å². The first-order valence-corrected chi connectivity index (χ1v) is 21.5. The van der Waals surface area contributed by atoms with Crippen LogP contribution in [0.1, 0.15) is 49.9 Å². The van der Waals surface area contributed by atoms with Gasteiger partial charge in [-0.3, -0.25) is 19.4 Å². The molecule has 4 amide bonds. The number of primary amides is 1. The van der Waals surface area contributed by atoms with E-state index in [1.807, 2.05) is 32.6 Å². The number of nitrogens with zero attached hydrogens (tertiary/aromatic N) is 4. The van der Waals surface area contributed by atoms with Crippen LogP contribution in [0.15, 0.2) is 84.9 Å². The van der Waals surface area contributed by atoms with Gasteiger partial charge in [-0.15, -0.1) is 0 Å². The number of benzene rings is 4. The molecule has 63 heavy (non-hydrogen) atoms. The fourth-order valence-corrected chi connectivity index (χ4v) is 7.87. The lowest BCUT2D eigenvalue weighted by atomic mass is 10.1. The molecule has 0 bridgehead atoms. The van der Waals surface area contributed by atoms with Gasteiger partial charge in [-0.25, -0.2) is 13.6 Å². The summed E-state index contributed by atoms with van der Waals surface area (Å²) in [6.07, 6.45) is 6.33. The summed E-state index contributed by atoms with van der Waals surface area (Å²) in [6, 6.07) is 18.9. The van der Waals surface area contributed by atoms with Crippen molar-refractivity contribution in [1.82, 2.24) is 19.6 Å². The molecule has 4 aromatic carbocycles. The number of hydrogen-bond donors (Lipinski definition) is 3. The van der Waals surface area contributed by atoms with E-state index in [4.69, 9.17) is 44.1 Å². The summed E-state index contributed by atoms with van der Waals surface area (Å²) < 4.78 is 37.2. The minimum absolute atomic E-state index is 0.00349. The van der Waals surface area contributed by atoms with Gasteiger partial charge in [0.15, 0.2) is 0 Å². The quantitative estimate of drug-likeness (QED) is 0.0898. The lowest BCUT2D eigenvalue weighted by molar-refractivity contribution is -0.131. The van der Waals surface area contributed by atoms with Gasteiger partial charge in [0.05, 0.1) is 28.9 Å². The molecule has 12 nitrogen and oxygen atoms in total. The summed E-state index contributed by atoms with van der Waals surface area (Å²) in [5.41, 5.74) is 15.5. The summed E-state index contributed by atoms with van der Waals surface area (Å²) in [5.74, 6) is 0.312. The van der Waals surface area contributed by atoms with Crippen LogP contribution in [0.5, 0.6) is 11.5 Å². The van der Waals surface area contributed by atoms with Crippen molar-refractivity contribution in [3.63, 3.8) is 0 Å². The molecule has 0 aliphatic carbocycles. The standard InChI is InChI=1S/C24H28ClFN4O3.C23H27ClFN3O2/c1-3-33-22-12-18(21(13-20(22)25)28-24(27)32)6-9-23(31)30-11-10-29(14-16(30)2)15-17-4-7-19(26)8-5-17;1-3-30-22-12-18(21(26)13-20(22)24)6-9-23(29)28-11-10-27(14-16(28)2)15-17-4-7-19(25)8-5-17/h4-9,12-13,16H,3,10-11,14-15H2,1-2H3,(H3,27,28,32);4-9,12-13,16H,3,10-11,14-15,26H2,1-2H3/b2*9-6+/t2*16-/m11/s1. The molecule has 2 atom stereocenters. The highest BCUT2D eigenvalue weighted by Gasteiger charge is 2.28. The van der Waals surface area contributed by atoms with Crippen LogP contribution >= 0.6 is 23.2 Å². The number of nitrogens with two attached hydrogens (primary N) is 2. The molecule has 0 aromatic heterocycles. The summed E-state index contributed by atoms with van der Waals surface area (Å²) in [7, 11) is 0. The van der Waals surface area contributed by atoms with Gasteiger partial charge in [0.25, 0.3) is 0 Å². The molecule has 2 saturated heterocycles. The minimum Gasteiger partial charge on any atom is -0.492 e. The Morgan fingerprint density at radius 1 is 0.698 bits per heavy atom. The lowest BCUT2D eigenvalue weighted by Gasteiger charge is -2.39. The van der Waals surface area contributed by atoms with Gasteiger partial charge < -0.3 is 36.1 Å². The van der Waals surface area contributed by atoms with Gasteiger partial charge in [0.2, 0.25) is 11.8 Å². The maximum Gasteiger partial charge on any atom is 0.316 e. The van der Waals surface area contributed by atoms with Crippen molar-refractivity contribution in [2.45, 2.75) is 52.9 Å². The molecule has 0 saturated carbocycles. The van der Waals surface area contributed by atoms with Crippen LogP contribution in [0.4, 0.5) is 25.0 Å². The van der Waals surface area contributed by atoms with Crippen LogP contribution < -0.4 is 26.3 Å². The van der Waals surface area contributed by atoms with Crippen LogP contribution in [-0.2, 0) is 22.7 Å². The Labute approximate surface area is 378 Å². The molecule has 0 spiro atoms. The van der Waals surface area contributed by atoms with Gasteiger partial charge in [-0.05, 0) is 99.5 Å². The SMILES string of the molecule is CCOc1cc(/C=C/C(=O)N2CCN(Cc3ccc(F)cc3)C[C@H]2C)c(N)cc1Cl.CCOc1cc(/C=C/C(=O)N2CCN(Cc3ccc(F)cc3)C[C@H]2C)c(NC(N)=O)cc1Cl. The molecule has 336 valence electrons. The summed E-state index contributed by atoms with van der Waals surface area (Å²) in [5, 5.41) is 3.30. The number of ether oxygens (including phenoxy) is 2. The molecule has 5 N–H and O–H groups in total. The Hall–Kier alpha value is -5.67. The minimum atomic E-state index is -0.734. The predicted molar refractivity (Wildman–Crippen MR) is 247 cm³/mol. The van der Waals surface area contributed by atoms with Crippen LogP contribution in [0.2, 0.25) is 10.0 Å².